The highest BCUT2D eigenvalue weighted by molar-refractivity contribution is 7.22. The first-order valence-corrected chi connectivity index (χ1v) is 11.2. The van der Waals surface area contributed by atoms with Gasteiger partial charge in [0.05, 0.1) is 28.5 Å². The van der Waals surface area contributed by atoms with Gasteiger partial charge in [-0.15, -0.1) is 0 Å². The Morgan fingerprint density at radius 3 is 2.68 bits per heavy atom. The standard InChI is InChI=1S/C21H28FN3O2S/c1-14(20(26)24-21-23-18-8-7-15(22)13-19(18)28-21)25-11-9-17(10-12-25)27-16-5-3-2-4-6-16/h7-8,13-14,16-17H,2-6,9-12H2,1H3,(H,23,24,26). The lowest BCUT2D eigenvalue weighted by molar-refractivity contribution is -0.122. The van der Waals surface area contributed by atoms with Crippen LogP contribution in [0.15, 0.2) is 18.2 Å². The quantitative estimate of drug-likeness (QED) is 0.791. The van der Waals surface area contributed by atoms with Gasteiger partial charge in [-0.3, -0.25) is 9.69 Å². The van der Waals surface area contributed by atoms with Crippen molar-refractivity contribution >= 4 is 32.6 Å². The summed E-state index contributed by atoms with van der Waals surface area (Å²) in [6, 6.07) is 4.25. The lowest BCUT2D eigenvalue weighted by atomic mass is 9.97. The van der Waals surface area contributed by atoms with Crippen molar-refractivity contribution in [2.45, 2.75) is 70.1 Å². The molecule has 1 aromatic heterocycles. The van der Waals surface area contributed by atoms with Gasteiger partial charge in [0.25, 0.3) is 0 Å². The molecule has 152 valence electrons. The van der Waals surface area contributed by atoms with Crippen LogP contribution in [0.3, 0.4) is 0 Å². The lowest BCUT2D eigenvalue weighted by Crippen LogP contribution is -2.47. The second kappa shape index (κ2) is 8.84. The van der Waals surface area contributed by atoms with Crippen LogP contribution in [-0.4, -0.2) is 47.1 Å². The van der Waals surface area contributed by atoms with E-state index in [2.05, 4.69) is 15.2 Å². The fraction of sp³-hybridized carbons (Fsp3) is 0.619. The molecule has 7 heteroatoms. The molecule has 1 saturated heterocycles. The lowest BCUT2D eigenvalue weighted by Gasteiger charge is -2.37. The van der Waals surface area contributed by atoms with E-state index in [-0.39, 0.29) is 17.8 Å². The molecule has 2 fully saturated rings. The SMILES string of the molecule is CC(C(=O)Nc1nc2ccc(F)cc2s1)N1CCC(OC2CCCCC2)CC1. The Hall–Kier alpha value is -1.57. The number of rotatable bonds is 5. The van der Waals surface area contributed by atoms with Crippen molar-refractivity contribution in [3.63, 3.8) is 0 Å². The predicted octanol–water partition coefficient (Wildman–Crippen LogP) is 4.58. The van der Waals surface area contributed by atoms with Crippen molar-refractivity contribution in [1.82, 2.24) is 9.88 Å². The van der Waals surface area contributed by atoms with E-state index in [1.807, 2.05) is 6.92 Å². The molecule has 1 aromatic carbocycles. The first-order valence-electron chi connectivity index (χ1n) is 10.3. The van der Waals surface area contributed by atoms with E-state index < -0.39 is 0 Å². The Kier molecular flexibility index (Phi) is 6.23. The van der Waals surface area contributed by atoms with Gasteiger partial charge in [-0.1, -0.05) is 30.6 Å². The van der Waals surface area contributed by atoms with Crippen molar-refractivity contribution in [2.24, 2.45) is 0 Å². The largest absolute Gasteiger partial charge is 0.375 e. The summed E-state index contributed by atoms with van der Waals surface area (Å²) in [6.07, 6.45) is 9.05. The van der Waals surface area contributed by atoms with Crippen LogP contribution in [-0.2, 0) is 9.53 Å². The zero-order valence-electron chi connectivity index (χ0n) is 16.3. The molecule has 5 nitrogen and oxygen atoms in total. The molecule has 0 radical (unpaired) electrons. The number of hydrogen-bond acceptors (Lipinski definition) is 5. The van der Waals surface area contributed by atoms with Crippen molar-refractivity contribution in [2.75, 3.05) is 18.4 Å². The molecule has 4 rings (SSSR count). The number of anilines is 1. The zero-order chi connectivity index (χ0) is 19.5. The predicted molar refractivity (Wildman–Crippen MR) is 110 cm³/mol. The average molecular weight is 406 g/mol. The van der Waals surface area contributed by atoms with Gasteiger partial charge in [-0.25, -0.2) is 9.37 Å². The Morgan fingerprint density at radius 1 is 1.21 bits per heavy atom. The van der Waals surface area contributed by atoms with Crippen molar-refractivity contribution in [3.05, 3.63) is 24.0 Å². The molecule has 1 aliphatic carbocycles. The van der Waals surface area contributed by atoms with E-state index in [0.717, 1.165) is 30.6 Å². The smallest absolute Gasteiger partial charge is 0.243 e. The first kappa shape index (κ1) is 19.7. The van der Waals surface area contributed by atoms with E-state index in [0.29, 0.717) is 22.9 Å². The van der Waals surface area contributed by atoms with Crippen LogP contribution >= 0.6 is 11.3 Å². The fourth-order valence-electron chi connectivity index (χ4n) is 4.20. The highest BCUT2D eigenvalue weighted by Crippen LogP contribution is 2.28. The zero-order valence-corrected chi connectivity index (χ0v) is 17.1. The van der Waals surface area contributed by atoms with Crippen LogP contribution in [0.2, 0.25) is 0 Å². The average Bonchev–Trinajstić information content (AvgIpc) is 3.10. The molecule has 1 unspecified atom stereocenters. The minimum absolute atomic E-state index is 0.0637. The van der Waals surface area contributed by atoms with E-state index in [4.69, 9.17) is 4.74 Å². The molecule has 28 heavy (non-hydrogen) atoms. The van der Waals surface area contributed by atoms with Crippen LogP contribution < -0.4 is 5.32 Å². The van der Waals surface area contributed by atoms with E-state index in [1.54, 1.807) is 6.07 Å². The van der Waals surface area contributed by atoms with Gasteiger partial charge in [-0.05, 0) is 50.8 Å². The third-order valence-corrected chi connectivity index (χ3v) is 6.86. The van der Waals surface area contributed by atoms with Crippen molar-refractivity contribution in [3.8, 4) is 0 Å². The van der Waals surface area contributed by atoms with Crippen molar-refractivity contribution in [1.29, 1.82) is 0 Å². The summed E-state index contributed by atoms with van der Waals surface area (Å²) in [6.45, 7) is 3.68. The number of nitrogens with one attached hydrogen (secondary N) is 1. The molecule has 0 spiro atoms. The highest BCUT2D eigenvalue weighted by atomic mass is 32.1. The Morgan fingerprint density at radius 2 is 1.93 bits per heavy atom. The normalized spacial score (nSPS) is 21.1. The molecule has 2 aliphatic rings. The van der Waals surface area contributed by atoms with Crippen LogP contribution in [0.25, 0.3) is 10.2 Å². The summed E-state index contributed by atoms with van der Waals surface area (Å²) in [5.41, 5.74) is 0.704. The number of nitrogens with zero attached hydrogens (tertiary/aromatic N) is 2. The van der Waals surface area contributed by atoms with E-state index >= 15 is 0 Å². The molecule has 1 N–H and O–H groups in total. The number of halogens is 1. The molecular weight excluding hydrogens is 377 g/mol. The third kappa shape index (κ3) is 4.70. The number of piperidine rings is 1. The maximum absolute atomic E-state index is 13.3. The topological polar surface area (TPSA) is 54.5 Å². The molecule has 1 amide bonds. The minimum atomic E-state index is -0.291. The number of hydrogen-bond donors (Lipinski definition) is 1. The summed E-state index contributed by atoms with van der Waals surface area (Å²) >= 11 is 1.30. The molecular formula is C21H28FN3O2S. The summed E-state index contributed by atoms with van der Waals surface area (Å²) in [7, 11) is 0. The molecule has 1 atom stereocenters. The summed E-state index contributed by atoms with van der Waals surface area (Å²) in [4.78, 5) is 19.3. The number of fused-ring (bicyclic) bond motifs is 1. The van der Waals surface area contributed by atoms with Gasteiger partial charge in [0, 0.05) is 13.1 Å². The number of ether oxygens (including phenoxy) is 1. The van der Waals surface area contributed by atoms with Gasteiger partial charge in [0.2, 0.25) is 5.91 Å². The Balaban J connectivity index is 1.28. The maximum Gasteiger partial charge on any atom is 0.243 e. The Labute approximate surface area is 169 Å². The van der Waals surface area contributed by atoms with Gasteiger partial charge >= 0.3 is 0 Å². The summed E-state index contributed by atoms with van der Waals surface area (Å²) < 4.78 is 20.4. The van der Waals surface area contributed by atoms with Crippen LogP contribution in [0.4, 0.5) is 9.52 Å². The molecule has 1 saturated carbocycles. The number of aromatic nitrogens is 1. The summed E-state index contributed by atoms with van der Waals surface area (Å²) in [5.74, 6) is -0.355. The van der Waals surface area contributed by atoms with E-state index in [9.17, 15) is 9.18 Å². The van der Waals surface area contributed by atoms with Crippen molar-refractivity contribution < 1.29 is 13.9 Å². The minimum Gasteiger partial charge on any atom is -0.375 e. The van der Waals surface area contributed by atoms with Crippen LogP contribution in [0, 0.1) is 5.82 Å². The Bertz CT molecular complexity index is 813. The summed E-state index contributed by atoms with van der Waals surface area (Å²) in [5, 5.41) is 3.42. The molecule has 2 aromatic rings. The van der Waals surface area contributed by atoms with Crippen LogP contribution in [0.5, 0.6) is 0 Å². The molecule has 1 aliphatic heterocycles. The number of carbonyl (C=O) groups is 1. The second-order valence-corrected chi connectivity index (χ2v) is 8.96. The van der Waals surface area contributed by atoms with Gasteiger partial charge in [0.15, 0.2) is 5.13 Å². The van der Waals surface area contributed by atoms with Gasteiger partial charge in [-0.2, -0.15) is 0 Å². The monoisotopic (exact) mass is 405 g/mol. The fourth-order valence-corrected chi connectivity index (χ4v) is 5.09. The number of benzene rings is 1. The number of likely N-dealkylation sites (tertiary alicyclic amines) is 1. The van der Waals surface area contributed by atoms with Gasteiger partial charge in [0.1, 0.15) is 5.82 Å². The van der Waals surface area contributed by atoms with Crippen LogP contribution in [0.1, 0.15) is 51.9 Å². The third-order valence-electron chi connectivity index (χ3n) is 5.92. The first-order chi connectivity index (χ1) is 13.6. The van der Waals surface area contributed by atoms with Gasteiger partial charge < -0.3 is 10.1 Å². The number of amides is 1. The number of carbonyl (C=O) groups excluding carboxylic acids is 1. The number of thiazole rings is 1. The highest BCUT2D eigenvalue weighted by Gasteiger charge is 2.29. The molecule has 2 heterocycles. The molecule has 0 bridgehead atoms. The van der Waals surface area contributed by atoms with E-state index in [1.165, 1.54) is 55.6 Å². The second-order valence-electron chi connectivity index (χ2n) is 7.93. The maximum atomic E-state index is 13.3.